The van der Waals surface area contributed by atoms with Gasteiger partial charge >= 0.3 is 0 Å². The summed E-state index contributed by atoms with van der Waals surface area (Å²) < 4.78 is 4.27. The van der Waals surface area contributed by atoms with E-state index in [0.717, 1.165) is 22.7 Å². The monoisotopic (exact) mass is 292 g/mol. The molecular formula is C14H20N4OS. The molecule has 0 aliphatic rings. The van der Waals surface area contributed by atoms with Crippen molar-refractivity contribution in [3.8, 4) is 11.1 Å². The summed E-state index contributed by atoms with van der Waals surface area (Å²) in [5.74, 6) is 0.519. The van der Waals surface area contributed by atoms with Gasteiger partial charge in [0.25, 0.3) is 0 Å². The first-order chi connectivity index (χ1) is 9.42. The molecule has 3 N–H and O–H groups in total. The predicted octanol–water partition coefficient (Wildman–Crippen LogP) is 2.38. The second-order valence-electron chi connectivity index (χ2n) is 5.31. The molecule has 6 heteroatoms. The standard InChI is InChI=1S/C14H20N4OS/c1-4-18(9-14(2,3)19)13-11(12(15)17-20-13)10-5-7-16-8-6-10/h5-8,19H,4,9H2,1-3H3,(H2,15,17). The molecule has 0 atom stereocenters. The number of pyridine rings is 1. The largest absolute Gasteiger partial charge is 0.389 e. The van der Waals surface area contributed by atoms with Crippen LogP contribution in [0, 0.1) is 0 Å². The number of anilines is 2. The van der Waals surface area contributed by atoms with Gasteiger partial charge in [-0.15, -0.1) is 0 Å². The number of rotatable bonds is 5. The highest BCUT2D eigenvalue weighted by Crippen LogP contribution is 2.39. The van der Waals surface area contributed by atoms with Crippen molar-refractivity contribution in [2.75, 3.05) is 23.7 Å². The number of likely N-dealkylation sites (N-methyl/N-ethyl adjacent to an activating group) is 1. The molecule has 20 heavy (non-hydrogen) atoms. The van der Waals surface area contributed by atoms with Gasteiger partial charge in [-0.25, -0.2) is 0 Å². The molecule has 0 radical (unpaired) electrons. The summed E-state index contributed by atoms with van der Waals surface area (Å²) in [6.07, 6.45) is 3.48. The zero-order chi connectivity index (χ0) is 14.8. The number of nitrogens with two attached hydrogens (primary N) is 1. The van der Waals surface area contributed by atoms with Gasteiger partial charge in [0, 0.05) is 25.5 Å². The topological polar surface area (TPSA) is 75.3 Å². The van der Waals surface area contributed by atoms with Crippen LogP contribution in [-0.2, 0) is 0 Å². The lowest BCUT2D eigenvalue weighted by molar-refractivity contribution is 0.0877. The Hall–Kier alpha value is -1.66. The Balaban J connectivity index is 2.42. The molecule has 2 heterocycles. The number of aliphatic hydroxyl groups is 1. The Kier molecular flexibility index (Phi) is 4.25. The lowest BCUT2D eigenvalue weighted by atomic mass is 10.1. The highest BCUT2D eigenvalue weighted by Gasteiger charge is 2.23. The molecule has 0 aromatic carbocycles. The normalized spacial score (nSPS) is 11.6. The van der Waals surface area contributed by atoms with Crippen LogP contribution >= 0.6 is 11.5 Å². The maximum atomic E-state index is 10.1. The fourth-order valence-electron chi connectivity index (χ4n) is 2.09. The van der Waals surface area contributed by atoms with E-state index >= 15 is 0 Å². The minimum atomic E-state index is -0.774. The first-order valence-electron chi connectivity index (χ1n) is 6.55. The summed E-state index contributed by atoms with van der Waals surface area (Å²) in [4.78, 5) is 6.13. The van der Waals surface area contributed by atoms with Crippen molar-refractivity contribution in [3.63, 3.8) is 0 Å². The third-order valence-corrected chi connectivity index (χ3v) is 3.84. The first kappa shape index (κ1) is 14.7. The Morgan fingerprint density at radius 2 is 2.00 bits per heavy atom. The van der Waals surface area contributed by atoms with Gasteiger partial charge in [-0.2, -0.15) is 4.37 Å². The lowest BCUT2D eigenvalue weighted by Crippen LogP contribution is -2.38. The lowest BCUT2D eigenvalue weighted by Gasteiger charge is -2.29. The van der Waals surface area contributed by atoms with Crippen LogP contribution < -0.4 is 10.6 Å². The van der Waals surface area contributed by atoms with Crippen molar-refractivity contribution in [1.29, 1.82) is 0 Å². The maximum absolute atomic E-state index is 10.1. The molecular weight excluding hydrogens is 272 g/mol. The summed E-state index contributed by atoms with van der Waals surface area (Å²) in [5, 5.41) is 11.0. The summed E-state index contributed by atoms with van der Waals surface area (Å²) >= 11 is 1.36. The van der Waals surface area contributed by atoms with Gasteiger partial charge in [0.05, 0.1) is 11.2 Å². The number of nitrogen functional groups attached to an aromatic ring is 1. The Bertz CT molecular complexity index is 562. The molecule has 0 saturated carbocycles. The second-order valence-corrected chi connectivity index (χ2v) is 6.06. The summed E-state index contributed by atoms with van der Waals surface area (Å²) in [5.41, 5.74) is 7.16. The molecule has 108 valence electrons. The molecule has 0 unspecified atom stereocenters. The van der Waals surface area contributed by atoms with Gasteiger partial charge in [-0.05, 0) is 50.0 Å². The SMILES string of the molecule is CCN(CC(C)(C)O)c1snc(N)c1-c1ccncc1. The van der Waals surface area contributed by atoms with Crippen LogP contribution in [0.3, 0.4) is 0 Å². The molecule has 0 amide bonds. The van der Waals surface area contributed by atoms with Crippen LogP contribution in [0.2, 0.25) is 0 Å². The van der Waals surface area contributed by atoms with E-state index in [1.807, 2.05) is 12.1 Å². The van der Waals surface area contributed by atoms with Crippen molar-refractivity contribution in [2.45, 2.75) is 26.4 Å². The Morgan fingerprint density at radius 3 is 2.55 bits per heavy atom. The number of hydrogen-bond acceptors (Lipinski definition) is 6. The van der Waals surface area contributed by atoms with Gasteiger partial charge in [0.15, 0.2) is 0 Å². The van der Waals surface area contributed by atoms with Crippen LogP contribution in [0.25, 0.3) is 11.1 Å². The third-order valence-electron chi connectivity index (χ3n) is 2.92. The number of hydrogen-bond donors (Lipinski definition) is 2. The quantitative estimate of drug-likeness (QED) is 0.885. The van der Waals surface area contributed by atoms with E-state index in [-0.39, 0.29) is 0 Å². The Morgan fingerprint density at radius 1 is 1.35 bits per heavy atom. The molecule has 0 fully saturated rings. The van der Waals surface area contributed by atoms with Gasteiger partial charge in [-0.1, -0.05) is 0 Å². The van der Waals surface area contributed by atoms with Crippen LogP contribution in [0.4, 0.5) is 10.8 Å². The fraction of sp³-hybridized carbons (Fsp3) is 0.429. The van der Waals surface area contributed by atoms with Crippen molar-refractivity contribution in [3.05, 3.63) is 24.5 Å². The van der Waals surface area contributed by atoms with Crippen molar-refractivity contribution >= 4 is 22.4 Å². The summed E-state index contributed by atoms with van der Waals surface area (Å²) in [6, 6.07) is 3.84. The molecule has 2 aromatic heterocycles. The average Bonchev–Trinajstić information content (AvgIpc) is 2.78. The summed E-state index contributed by atoms with van der Waals surface area (Å²) in [6.45, 7) is 6.96. The number of nitrogens with zero attached hydrogens (tertiary/aromatic N) is 3. The van der Waals surface area contributed by atoms with E-state index in [2.05, 4.69) is 21.2 Å². The van der Waals surface area contributed by atoms with E-state index in [9.17, 15) is 5.11 Å². The van der Waals surface area contributed by atoms with Gasteiger partial charge in [0.2, 0.25) is 0 Å². The zero-order valence-electron chi connectivity index (χ0n) is 12.0. The molecule has 0 bridgehead atoms. The van der Waals surface area contributed by atoms with Crippen molar-refractivity contribution in [1.82, 2.24) is 9.36 Å². The second kappa shape index (κ2) is 5.76. The molecule has 0 aliphatic heterocycles. The van der Waals surface area contributed by atoms with E-state index in [0.29, 0.717) is 12.4 Å². The van der Waals surface area contributed by atoms with Crippen LogP contribution in [0.15, 0.2) is 24.5 Å². The first-order valence-corrected chi connectivity index (χ1v) is 7.32. The molecule has 0 spiro atoms. The number of aromatic nitrogens is 2. The smallest absolute Gasteiger partial charge is 0.147 e. The summed E-state index contributed by atoms with van der Waals surface area (Å²) in [7, 11) is 0. The minimum absolute atomic E-state index is 0.519. The Labute approximate surface area is 123 Å². The van der Waals surface area contributed by atoms with Crippen molar-refractivity contribution in [2.24, 2.45) is 0 Å². The predicted molar refractivity (Wildman–Crippen MR) is 83.9 cm³/mol. The van der Waals surface area contributed by atoms with E-state index in [1.54, 1.807) is 26.2 Å². The molecule has 5 nitrogen and oxygen atoms in total. The van der Waals surface area contributed by atoms with Crippen LogP contribution in [-0.4, -0.2) is 33.2 Å². The highest BCUT2D eigenvalue weighted by atomic mass is 32.1. The van der Waals surface area contributed by atoms with E-state index in [1.165, 1.54) is 11.5 Å². The molecule has 2 rings (SSSR count). The van der Waals surface area contributed by atoms with E-state index < -0.39 is 5.60 Å². The molecule has 0 saturated heterocycles. The minimum Gasteiger partial charge on any atom is -0.389 e. The zero-order valence-corrected chi connectivity index (χ0v) is 12.8. The van der Waals surface area contributed by atoms with Crippen molar-refractivity contribution < 1.29 is 5.11 Å². The van der Waals surface area contributed by atoms with Gasteiger partial charge in [-0.3, -0.25) is 4.98 Å². The third kappa shape index (κ3) is 3.26. The van der Waals surface area contributed by atoms with Gasteiger partial charge < -0.3 is 15.7 Å². The molecule has 2 aromatic rings. The van der Waals surface area contributed by atoms with Crippen LogP contribution in [0.1, 0.15) is 20.8 Å². The van der Waals surface area contributed by atoms with Gasteiger partial charge in [0.1, 0.15) is 10.8 Å². The average molecular weight is 292 g/mol. The fourth-order valence-corrected chi connectivity index (χ4v) is 2.99. The van der Waals surface area contributed by atoms with E-state index in [4.69, 9.17) is 5.73 Å². The highest BCUT2D eigenvalue weighted by molar-refractivity contribution is 7.11. The molecule has 0 aliphatic carbocycles. The van der Waals surface area contributed by atoms with Crippen LogP contribution in [0.5, 0.6) is 0 Å². The maximum Gasteiger partial charge on any atom is 0.147 e.